The van der Waals surface area contributed by atoms with Crippen molar-refractivity contribution in [2.75, 3.05) is 49.1 Å². The predicted octanol–water partition coefficient (Wildman–Crippen LogP) is 4.00. The summed E-state index contributed by atoms with van der Waals surface area (Å²) in [5.41, 5.74) is 2.06. The van der Waals surface area contributed by atoms with Crippen molar-refractivity contribution < 1.29 is 4.79 Å². The van der Waals surface area contributed by atoms with Crippen molar-refractivity contribution in [2.45, 2.75) is 26.3 Å². The number of hydrogen-bond donors (Lipinski definition) is 1. The molecule has 2 amide bonds. The monoisotopic (exact) mass is 427 g/mol. The second kappa shape index (κ2) is 9.56. The van der Waals surface area contributed by atoms with Gasteiger partial charge in [-0.2, -0.15) is 0 Å². The zero-order chi connectivity index (χ0) is 20.9. The second-order valence-corrected chi connectivity index (χ2v) is 8.69. The summed E-state index contributed by atoms with van der Waals surface area (Å²) in [7, 11) is 0. The average molecular weight is 428 g/mol. The van der Waals surface area contributed by atoms with Crippen molar-refractivity contribution in [3.63, 3.8) is 0 Å². The molecule has 2 fully saturated rings. The number of pyridine rings is 1. The lowest BCUT2D eigenvalue weighted by molar-refractivity contribution is 0.194. The van der Waals surface area contributed by atoms with Crippen LogP contribution in [0.25, 0.3) is 0 Å². The van der Waals surface area contributed by atoms with E-state index in [1.165, 1.54) is 12.8 Å². The number of amides is 2. The zero-order valence-electron chi connectivity index (χ0n) is 17.6. The molecule has 2 saturated heterocycles. The molecule has 1 aromatic heterocycles. The number of piperazine rings is 1. The van der Waals surface area contributed by atoms with Gasteiger partial charge < -0.3 is 20.0 Å². The third-order valence-electron chi connectivity index (χ3n) is 6.12. The summed E-state index contributed by atoms with van der Waals surface area (Å²) in [6.45, 7) is 7.88. The Hall–Kier alpha value is -2.47. The maximum Gasteiger partial charge on any atom is 0.317 e. The number of anilines is 2. The number of carbonyl (C=O) groups is 1. The van der Waals surface area contributed by atoms with Crippen LogP contribution in [0.4, 0.5) is 16.3 Å². The standard InChI is InChI=1S/C23H30ClN5O/c1-18-8-10-28(11-9-18)22-7-6-19(16-25-22)17-26-23(30)29-14-12-27(13-15-29)21-5-3-2-4-20(21)24/h2-7,16,18H,8-15,17H2,1H3,(H,26,30). The topological polar surface area (TPSA) is 51.7 Å². The number of halogens is 1. The molecule has 3 heterocycles. The fourth-order valence-electron chi connectivity index (χ4n) is 4.09. The highest BCUT2D eigenvalue weighted by Crippen LogP contribution is 2.26. The quantitative estimate of drug-likeness (QED) is 0.801. The molecule has 2 aliphatic heterocycles. The largest absolute Gasteiger partial charge is 0.367 e. The van der Waals surface area contributed by atoms with E-state index in [0.29, 0.717) is 19.6 Å². The Kier molecular flexibility index (Phi) is 6.62. The number of carbonyl (C=O) groups excluding carboxylic acids is 1. The molecule has 4 rings (SSSR count). The van der Waals surface area contributed by atoms with E-state index in [2.05, 4.69) is 39.2 Å². The molecule has 7 heteroatoms. The van der Waals surface area contributed by atoms with E-state index in [4.69, 9.17) is 11.6 Å². The Morgan fingerprint density at radius 3 is 2.43 bits per heavy atom. The van der Waals surface area contributed by atoms with Crippen LogP contribution in [0.2, 0.25) is 5.02 Å². The van der Waals surface area contributed by atoms with Gasteiger partial charge in [0, 0.05) is 52.0 Å². The van der Waals surface area contributed by atoms with Crippen LogP contribution in [0, 0.1) is 5.92 Å². The number of piperidine rings is 1. The van der Waals surface area contributed by atoms with Gasteiger partial charge >= 0.3 is 6.03 Å². The molecule has 2 aliphatic rings. The summed E-state index contributed by atoms with van der Waals surface area (Å²) in [6.07, 6.45) is 4.33. The summed E-state index contributed by atoms with van der Waals surface area (Å²) in [4.78, 5) is 23.6. The third-order valence-corrected chi connectivity index (χ3v) is 6.44. The van der Waals surface area contributed by atoms with E-state index in [1.54, 1.807) is 0 Å². The van der Waals surface area contributed by atoms with Gasteiger partial charge in [-0.15, -0.1) is 0 Å². The van der Waals surface area contributed by atoms with Gasteiger partial charge in [0.05, 0.1) is 10.7 Å². The van der Waals surface area contributed by atoms with Gasteiger partial charge in [-0.1, -0.05) is 36.7 Å². The van der Waals surface area contributed by atoms with Gasteiger partial charge in [0.1, 0.15) is 5.82 Å². The minimum atomic E-state index is -0.0251. The van der Waals surface area contributed by atoms with Crippen LogP contribution in [0.1, 0.15) is 25.3 Å². The van der Waals surface area contributed by atoms with Crippen LogP contribution in [0.15, 0.2) is 42.6 Å². The number of nitrogens with one attached hydrogen (secondary N) is 1. The molecule has 0 bridgehead atoms. The summed E-state index contributed by atoms with van der Waals surface area (Å²) in [5, 5.41) is 3.78. The molecule has 1 N–H and O–H groups in total. The molecule has 30 heavy (non-hydrogen) atoms. The highest BCUT2D eigenvalue weighted by atomic mass is 35.5. The molecule has 160 valence electrons. The Bertz CT molecular complexity index is 843. The van der Waals surface area contributed by atoms with Gasteiger partial charge in [-0.05, 0) is 42.5 Å². The molecule has 0 atom stereocenters. The number of rotatable bonds is 4. The normalized spacial score (nSPS) is 17.9. The summed E-state index contributed by atoms with van der Waals surface area (Å²) in [5.74, 6) is 1.84. The van der Waals surface area contributed by atoms with E-state index in [0.717, 1.165) is 54.2 Å². The molecule has 0 saturated carbocycles. The highest BCUT2D eigenvalue weighted by Gasteiger charge is 2.22. The van der Waals surface area contributed by atoms with E-state index in [1.807, 2.05) is 35.4 Å². The molecule has 0 spiro atoms. The second-order valence-electron chi connectivity index (χ2n) is 8.28. The number of benzene rings is 1. The predicted molar refractivity (Wildman–Crippen MR) is 122 cm³/mol. The lowest BCUT2D eigenvalue weighted by atomic mass is 9.99. The van der Waals surface area contributed by atoms with Crippen LogP contribution in [-0.2, 0) is 6.54 Å². The number of para-hydroxylation sites is 1. The van der Waals surface area contributed by atoms with Crippen LogP contribution in [0.3, 0.4) is 0 Å². The Morgan fingerprint density at radius 2 is 1.77 bits per heavy atom. The van der Waals surface area contributed by atoms with Crippen LogP contribution in [0.5, 0.6) is 0 Å². The average Bonchev–Trinajstić information content (AvgIpc) is 2.79. The van der Waals surface area contributed by atoms with Crippen molar-refractivity contribution >= 4 is 29.1 Å². The summed E-state index contributed by atoms with van der Waals surface area (Å²) >= 11 is 6.30. The van der Waals surface area contributed by atoms with Gasteiger partial charge in [0.25, 0.3) is 0 Å². The molecule has 2 aromatic rings. The first-order valence-electron chi connectivity index (χ1n) is 10.8. The van der Waals surface area contributed by atoms with E-state index in [9.17, 15) is 4.79 Å². The van der Waals surface area contributed by atoms with Crippen LogP contribution >= 0.6 is 11.6 Å². The van der Waals surface area contributed by atoms with Crippen molar-refractivity contribution in [2.24, 2.45) is 5.92 Å². The fourth-order valence-corrected chi connectivity index (χ4v) is 4.35. The van der Waals surface area contributed by atoms with Crippen molar-refractivity contribution in [3.05, 3.63) is 53.2 Å². The third kappa shape index (κ3) is 4.98. The van der Waals surface area contributed by atoms with Crippen molar-refractivity contribution in [1.82, 2.24) is 15.2 Å². The zero-order valence-corrected chi connectivity index (χ0v) is 18.3. The van der Waals surface area contributed by atoms with Gasteiger partial charge in [-0.3, -0.25) is 0 Å². The Balaban J connectivity index is 1.24. The Labute approximate surface area is 183 Å². The van der Waals surface area contributed by atoms with Gasteiger partial charge in [0.2, 0.25) is 0 Å². The molecule has 1 aromatic carbocycles. The number of aromatic nitrogens is 1. The van der Waals surface area contributed by atoms with Gasteiger partial charge in [0.15, 0.2) is 0 Å². The van der Waals surface area contributed by atoms with E-state index < -0.39 is 0 Å². The molecule has 0 radical (unpaired) electrons. The van der Waals surface area contributed by atoms with Crippen molar-refractivity contribution in [3.8, 4) is 0 Å². The Morgan fingerprint density at radius 1 is 1.03 bits per heavy atom. The number of nitrogens with zero attached hydrogens (tertiary/aromatic N) is 4. The number of hydrogen-bond acceptors (Lipinski definition) is 4. The lowest BCUT2D eigenvalue weighted by Gasteiger charge is -2.36. The maximum absolute atomic E-state index is 12.6. The van der Waals surface area contributed by atoms with Gasteiger partial charge in [-0.25, -0.2) is 9.78 Å². The molecular weight excluding hydrogens is 398 g/mol. The van der Waals surface area contributed by atoms with E-state index in [-0.39, 0.29) is 6.03 Å². The first-order valence-corrected chi connectivity index (χ1v) is 11.2. The lowest BCUT2D eigenvalue weighted by Crippen LogP contribution is -2.51. The highest BCUT2D eigenvalue weighted by molar-refractivity contribution is 6.33. The first-order chi connectivity index (χ1) is 14.6. The summed E-state index contributed by atoms with van der Waals surface area (Å²) < 4.78 is 0. The van der Waals surface area contributed by atoms with Crippen LogP contribution in [-0.4, -0.2) is 55.2 Å². The summed E-state index contributed by atoms with van der Waals surface area (Å²) in [6, 6.07) is 12.0. The first kappa shape index (κ1) is 20.8. The van der Waals surface area contributed by atoms with Crippen molar-refractivity contribution in [1.29, 1.82) is 0 Å². The number of urea groups is 1. The maximum atomic E-state index is 12.6. The molecule has 0 unspecified atom stereocenters. The fraction of sp³-hybridized carbons (Fsp3) is 0.478. The van der Waals surface area contributed by atoms with Crippen LogP contribution < -0.4 is 15.1 Å². The molecule has 6 nitrogen and oxygen atoms in total. The molecule has 0 aliphatic carbocycles. The molecular formula is C23H30ClN5O. The minimum absolute atomic E-state index is 0.0251. The van der Waals surface area contributed by atoms with E-state index >= 15 is 0 Å². The minimum Gasteiger partial charge on any atom is -0.367 e. The smallest absolute Gasteiger partial charge is 0.317 e. The SMILES string of the molecule is CC1CCN(c2ccc(CNC(=O)N3CCN(c4ccccc4Cl)CC3)cn2)CC1.